The normalized spacial score (nSPS) is 11.4. The third kappa shape index (κ3) is 2.60. The quantitative estimate of drug-likeness (QED) is 0.703. The molecule has 1 aromatic heterocycles. The van der Waals surface area contributed by atoms with Gasteiger partial charge in [0.2, 0.25) is 0 Å². The second kappa shape index (κ2) is 4.79. The highest BCUT2D eigenvalue weighted by Gasteiger charge is 1.97. The number of nitrogens with zero attached hydrogens (tertiary/aromatic N) is 1. The molecule has 0 aliphatic rings. The van der Waals surface area contributed by atoms with Gasteiger partial charge in [0.25, 0.3) is 0 Å². The molecule has 0 N–H and O–H groups in total. The smallest absolute Gasteiger partial charge is 0.144 e. The third-order valence-corrected chi connectivity index (χ3v) is 2.44. The highest BCUT2D eigenvalue weighted by molar-refractivity contribution is 5.78. The summed E-state index contributed by atoms with van der Waals surface area (Å²) in [5.74, 6) is 1.33. The van der Waals surface area contributed by atoms with Crippen molar-refractivity contribution in [3.8, 4) is 0 Å². The van der Waals surface area contributed by atoms with Gasteiger partial charge in [-0.2, -0.15) is 0 Å². The molecule has 0 fully saturated rings. The predicted octanol–water partition coefficient (Wildman–Crippen LogP) is 4.15. The van der Waals surface area contributed by atoms with Crippen LogP contribution in [0.1, 0.15) is 31.1 Å². The number of hydrogen-bond acceptors (Lipinski definition) is 2. The Morgan fingerprint density at radius 2 is 1.88 bits per heavy atom. The van der Waals surface area contributed by atoms with E-state index in [0.29, 0.717) is 5.92 Å². The summed E-state index contributed by atoms with van der Waals surface area (Å²) in [7, 11) is 0. The molecule has 0 unspecified atom stereocenters. The van der Waals surface area contributed by atoms with Crippen molar-refractivity contribution in [1.82, 2.24) is 0 Å². The minimum absolute atomic E-state index is 0.558. The van der Waals surface area contributed by atoms with Gasteiger partial charge in [-0.3, -0.25) is 4.99 Å². The lowest BCUT2D eigenvalue weighted by molar-refractivity contribution is 0.560. The molecule has 2 rings (SSSR count). The zero-order valence-electron chi connectivity index (χ0n) is 9.55. The fourth-order valence-corrected chi connectivity index (χ4v) is 1.45. The zero-order chi connectivity index (χ0) is 11.4. The first-order valence-corrected chi connectivity index (χ1v) is 5.43. The number of benzene rings is 1. The lowest BCUT2D eigenvalue weighted by Gasteiger charge is -2.04. The van der Waals surface area contributed by atoms with Crippen LogP contribution in [0.25, 0.3) is 0 Å². The molecule has 0 saturated carbocycles. The summed E-state index contributed by atoms with van der Waals surface area (Å²) in [6.07, 6.45) is 3.37. The molecule has 0 radical (unpaired) electrons. The Morgan fingerprint density at radius 3 is 2.44 bits per heavy atom. The van der Waals surface area contributed by atoms with Gasteiger partial charge in [-0.05, 0) is 35.7 Å². The molecular formula is C14H15NO. The van der Waals surface area contributed by atoms with E-state index in [1.807, 2.05) is 24.3 Å². The van der Waals surface area contributed by atoms with Crippen LogP contribution in [0.5, 0.6) is 0 Å². The highest BCUT2D eigenvalue weighted by Crippen LogP contribution is 2.18. The van der Waals surface area contributed by atoms with Crippen LogP contribution in [0, 0.1) is 0 Å². The maximum absolute atomic E-state index is 5.17. The van der Waals surface area contributed by atoms with Gasteiger partial charge in [-0.25, -0.2) is 0 Å². The fraction of sp³-hybridized carbons (Fsp3) is 0.214. The summed E-state index contributed by atoms with van der Waals surface area (Å²) in [5.41, 5.74) is 2.28. The Bertz CT molecular complexity index is 452. The second-order valence-electron chi connectivity index (χ2n) is 4.02. The largest absolute Gasteiger partial charge is 0.463 e. The Balaban J connectivity index is 2.11. The summed E-state index contributed by atoms with van der Waals surface area (Å²) in [5, 5.41) is 0. The molecule has 0 bridgehead atoms. The van der Waals surface area contributed by atoms with Gasteiger partial charge in [-0.1, -0.05) is 26.0 Å². The minimum Gasteiger partial charge on any atom is -0.463 e. The van der Waals surface area contributed by atoms with E-state index in [1.165, 1.54) is 5.56 Å². The van der Waals surface area contributed by atoms with Gasteiger partial charge in [0, 0.05) is 0 Å². The molecule has 0 saturated heterocycles. The SMILES string of the molecule is CC(C)c1ccc(N=Cc2ccco2)cc1. The lowest BCUT2D eigenvalue weighted by Crippen LogP contribution is -1.84. The van der Waals surface area contributed by atoms with Crippen molar-refractivity contribution >= 4 is 11.9 Å². The first-order valence-electron chi connectivity index (χ1n) is 5.43. The van der Waals surface area contributed by atoms with Gasteiger partial charge in [0.15, 0.2) is 0 Å². The number of rotatable bonds is 3. The van der Waals surface area contributed by atoms with Crippen molar-refractivity contribution in [3.63, 3.8) is 0 Å². The lowest BCUT2D eigenvalue weighted by atomic mass is 10.0. The molecule has 1 aromatic carbocycles. The molecule has 2 nitrogen and oxygen atoms in total. The highest BCUT2D eigenvalue weighted by atomic mass is 16.3. The van der Waals surface area contributed by atoms with E-state index in [9.17, 15) is 0 Å². The van der Waals surface area contributed by atoms with Crippen LogP contribution in [-0.2, 0) is 0 Å². The van der Waals surface area contributed by atoms with Gasteiger partial charge in [0.1, 0.15) is 5.76 Å². The van der Waals surface area contributed by atoms with Crippen LogP contribution in [-0.4, -0.2) is 6.21 Å². The van der Waals surface area contributed by atoms with Crippen LogP contribution >= 0.6 is 0 Å². The van der Waals surface area contributed by atoms with E-state index < -0.39 is 0 Å². The Labute approximate surface area is 95.6 Å². The van der Waals surface area contributed by atoms with E-state index in [-0.39, 0.29) is 0 Å². The van der Waals surface area contributed by atoms with Crippen molar-refractivity contribution in [1.29, 1.82) is 0 Å². The van der Waals surface area contributed by atoms with Crippen LogP contribution in [0.2, 0.25) is 0 Å². The van der Waals surface area contributed by atoms with E-state index in [0.717, 1.165) is 11.4 Å². The molecule has 82 valence electrons. The average Bonchev–Trinajstić information content (AvgIpc) is 2.80. The van der Waals surface area contributed by atoms with Crippen molar-refractivity contribution in [2.24, 2.45) is 4.99 Å². The maximum Gasteiger partial charge on any atom is 0.144 e. The van der Waals surface area contributed by atoms with Crippen molar-refractivity contribution in [2.45, 2.75) is 19.8 Å². The second-order valence-corrected chi connectivity index (χ2v) is 4.02. The molecule has 2 aromatic rings. The summed E-state index contributed by atoms with van der Waals surface area (Å²) in [4.78, 5) is 4.33. The van der Waals surface area contributed by atoms with Crippen LogP contribution in [0.15, 0.2) is 52.1 Å². The van der Waals surface area contributed by atoms with Gasteiger partial charge in [0.05, 0.1) is 18.2 Å². The molecule has 0 atom stereocenters. The topological polar surface area (TPSA) is 25.5 Å². The average molecular weight is 213 g/mol. The summed E-state index contributed by atoms with van der Waals surface area (Å²) in [6.45, 7) is 4.36. The fourth-order valence-electron chi connectivity index (χ4n) is 1.45. The van der Waals surface area contributed by atoms with Crippen molar-refractivity contribution in [3.05, 3.63) is 54.0 Å². The van der Waals surface area contributed by atoms with Gasteiger partial charge in [-0.15, -0.1) is 0 Å². The van der Waals surface area contributed by atoms with E-state index in [1.54, 1.807) is 12.5 Å². The standard InChI is InChI=1S/C14H15NO/c1-11(2)12-5-7-13(8-6-12)15-10-14-4-3-9-16-14/h3-11H,1-2H3. The summed E-state index contributed by atoms with van der Waals surface area (Å²) >= 11 is 0. The molecule has 0 aliphatic carbocycles. The Kier molecular flexibility index (Phi) is 3.20. The monoisotopic (exact) mass is 213 g/mol. The predicted molar refractivity (Wildman–Crippen MR) is 66.5 cm³/mol. The Hall–Kier alpha value is -1.83. The first-order chi connectivity index (χ1) is 7.75. The van der Waals surface area contributed by atoms with Gasteiger partial charge < -0.3 is 4.42 Å². The van der Waals surface area contributed by atoms with E-state index in [4.69, 9.17) is 4.42 Å². The van der Waals surface area contributed by atoms with Crippen LogP contribution in [0.4, 0.5) is 5.69 Å². The molecule has 0 aliphatic heterocycles. The minimum atomic E-state index is 0.558. The van der Waals surface area contributed by atoms with E-state index in [2.05, 4.69) is 31.0 Å². The maximum atomic E-state index is 5.17. The summed E-state index contributed by atoms with van der Waals surface area (Å²) < 4.78 is 5.17. The molecule has 1 heterocycles. The van der Waals surface area contributed by atoms with Crippen molar-refractivity contribution < 1.29 is 4.42 Å². The number of aliphatic imine (C=N–C) groups is 1. The number of hydrogen-bond donors (Lipinski definition) is 0. The molecular weight excluding hydrogens is 198 g/mol. The van der Waals surface area contributed by atoms with Crippen molar-refractivity contribution in [2.75, 3.05) is 0 Å². The first kappa shape index (κ1) is 10.7. The third-order valence-electron chi connectivity index (χ3n) is 2.44. The van der Waals surface area contributed by atoms with E-state index >= 15 is 0 Å². The van der Waals surface area contributed by atoms with Crippen LogP contribution < -0.4 is 0 Å². The zero-order valence-corrected chi connectivity index (χ0v) is 9.55. The van der Waals surface area contributed by atoms with Gasteiger partial charge >= 0.3 is 0 Å². The molecule has 16 heavy (non-hydrogen) atoms. The summed E-state index contributed by atoms with van der Waals surface area (Å²) in [6, 6.07) is 12.0. The Morgan fingerprint density at radius 1 is 1.12 bits per heavy atom. The molecule has 0 spiro atoms. The molecule has 0 amide bonds. The van der Waals surface area contributed by atoms with Crippen LogP contribution in [0.3, 0.4) is 0 Å². The number of furan rings is 1. The molecule has 2 heteroatoms.